The van der Waals surface area contributed by atoms with E-state index < -0.39 is 0 Å². The maximum Gasteiger partial charge on any atom is 0.199 e. The van der Waals surface area contributed by atoms with Gasteiger partial charge < -0.3 is 9.52 Å². The van der Waals surface area contributed by atoms with Crippen LogP contribution in [0.3, 0.4) is 0 Å². The lowest BCUT2D eigenvalue weighted by Gasteiger charge is -2.13. The van der Waals surface area contributed by atoms with Crippen LogP contribution in [0.1, 0.15) is 34.9 Å². The van der Waals surface area contributed by atoms with Gasteiger partial charge >= 0.3 is 0 Å². The highest BCUT2D eigenvalue weighted by Gasteiger charge is 2.22. The average Bonchev–Trinajstić information content (AvgIpc) is 2.70. The summed E-state index contributed by atoms with van der Waals surface area (Å²) in [4.78, 5) is 4.53. The van der Waals surface area contributed by atoms with Crippen LogP contribution < -0.4 is 0 Å². The Bertz CT molecular complexity index is 559. The first-order chi connectivity index (χ1) is 8.70. The van der Waals surface area contributed by atoms with E-state index in [0.29, 0.717) is 6.42 Å². The van der Waals surface area contributed by atoms with E-state index in [9.17, 15) is 5.11 Å². The van der Waals surface area contributed by atoms with Gasteiger partial charge in [-0.05, 0) is 25.3 Å². The van der Waals surface area contributed by atoms with Crippen molar-refractivity contribution >= 4 is 0 Å². The third-order valence-corrected chi connectivity index (χ3v) is 3.40. The van der Waals surface area contributed by atoms with Crippen LogP contribution in [-0.4, -0.2) is 16.2 Å². The molecule has 3 rings (SSSR count). The minimum atomic E-state index is -0.266. The second-order valence-corrected chi connectivity index (χ2v) is 5.04. The Labute approximate surface area is 106 Å². The molecule has 0 spiro atoms. The SMILES string of the molecule is Cc1cccc(Cc2nc3c(o2)CC(O)CC3)c1. The van der Waals surface area contributed by atoms with Crippen molar-refractivity contribution in [1.29, 1.82) is 0 Å². The van der Waals surface area contributed by atoms with Crippen molar-refractivity contribution in [3.05, 3.63) is 52.7 Å². The summed E-state index contributed by atoms with van der Waals surface area (Å²) in [5, 5.41) is 9.60. The minimum Gasteiger partial charge on any atom is -0.445 e. The number of rotatable bonds is 2. The van der Waals surface area contributed by atoms with E-state index in [1.807, 2.05) is 0 Å². The van der Waals surface area contributed by atoms with Gasteiger partial charge in [0, 0.05) is 12.8 Å². The van der Waals surface area contributed by atoms with Gasteiger partial charge in [-0.15, -0.1) is 0 Å². The van der Waals surface area contributed by atoms with E-state index in [4.69, 9.17) is 4.42 Å². The number of aliphatic hydroxyl groups excluding tert-OH is 1. The van der Waals surface area contributed by atoms with E-state index in [1.54, 1.807) is 0 Å². The number of benzene rings is 1. The first kappa shape index (κ1) is 11.5. The maximum atomic E-state index is 9.60. The van der Waals surface area contributed by atoms with E-state index in [-0.39, 0.29) is 6.10 Å². The van der Waals surface area contributed by atoms with Crippen molar-refractivity contribution in [2.24, 2.45) is 0 Å². The Morgan fingerprint density at radius 3 is 3.17 bits per heavy atom. The molecule has 0 saturated heterocycles. The van der Waals surface area contributed by atoms with Crippen molar-refractivity contribution in [2.45, 2.75) is 38.7 Å². The van der Waals surface area contributed by atoms with Gasteiger partial charge in [0.25, 0.3) is 0 Å². The molecule has 0 bridgehead atoms. The topological polar surface area (TPSA) is 46.3 Å². The molecule has 1 unspecified atom stereocenters. The standard InChI is InChI=1S/C15H17NO2/c1-10-3-2-4-11(7-10)8-15-16-13-6-5-12(17)9-14(13)18-15/h2-4,7,12,17H,5-6,8-9H2,1H3. The van der Waals surface area contributed by atoms with Crippen LogP contribution in [0.5, 0.6) is 0 Å². The van der Waals surface area contributed by atoms with Crippen LogP contribution in [0.2, 0.25) is 0 Å². The van der Waals surface area contributed by atoms with Crippen LogP contribution in [0.25, 0.3) is 0 Å². The molecule has 3 nitrogen and oxygen atoms in total. The number of oxazole rings is 1. The van der Waals surface area contributed by atoms with E-state index in [2.05, 4.69) is 36.2 Å². The molecule has 1 N–H and O–H groups in total. The molecule has 18 heavy (non-hydrogen) atoms. The van der Waals surface area contributed by atoms with Crippen LogP contribution >= 0.6 is 0 Å². The zero-order valence-electron chi connectivity index (χ0n) is 10.5. The van der Waals surface area contributed by atoms with Crippen LogP contribution in [0.15, 0.2) is 28.7 Å². The Balaban J connectivity index is 1.82. The number of hydrogen-bond acceptors (Lipinski definition) is 3. The molecule has 1 aliphatic rings. The Morgan fingerprint density at radius 1 is 1.44 bits per heavy atom. The third-order valence-electron chi connectivity index (χ3n) is 3.40. The summed E-state index contributed by atoms with van der Waals surface area (Å²) in [5.74, 6) is 1.64. The Hall–Kier alpha value is -1.61. The van der Waals surface area contributed by atoms with E-state index >= 15 is 0 Å². The molecule has 1 atom stereocenters. The number of fused-ring (bicyclic) bond motifs is 1. The minimum absolute atomic E-state index is 0.266. The molecule has 0 amide bonds. The zero-order valence-corrected chi connectivity index (χ0v) is 10.5. The summed E-state index contributed by atoms with van der Waals surface area (Å²) in [6, 6.07) is 8.38. The highest BCUT2D eigenvalue weighted by molar-refractivity contribution is 5.25. The molecule has 1 heterocycles. The number of aromatic nitrogens is 1. The molecule has 94 valence electrons. The fraction of sp³-hybridized carbons (Fsp3) is 0.400. The summed E-state index contributed by atoms with van der Waals surface area (Å²) >= 11 is 0. The van der Waals surface area contributed by atoms with Crippen molar-refractivity contribution in [3.63, 3.8) is 0 Å². The Morgan fingerprint density at radius 2 is 2.33 bits per heavy atom. The van der Waals surface area contributed by atoms with Gasteiger partial charge in [-0.2, -0.15) is 0 Å². The number of aliphatic hydroxyl groups is 1. The van der Waals surface area contributed by atoms with Crippen molar-refractivity contribution in [1.82, 2.24) is 4.98 Å². The third kappa shape index (κ3) is 2.31. The summed E-state index contributed by atoms with van der Waals surface area (Å²) in [7, 11) is 0. The predicted molar refractivity (Wildman–Crippen MR) is 68.5 cm³/mol. The molecule has 0 aliphatic heterocycles. The second-order valence-electron chi connectivity index (χ2n) is 5.04. The first-order valence-electron chi connectivity index (χ1n) is 6.42. The van der Waals surface area contributed by atoms with E-state index in [0.717, 1.165) is 36.6 Å². The van der Waals surface area contributed by atoms with E-state index in [1.165, 1.54) is 11.1 Å². The lowest BCUT2D eigenvalue weighted by atomic mass is 9.99. The molecule has 3 heteroatoms. The predicted octanol–water partition coefficient (Wildman–Crippen LogP) is 2.42. The van der Waals surface area contributed by atoms with Crippen molar-refractivity contribution < 1.29 is 9.52 Å². The highest BCUT2D eigenvalue weighted by Crippen LogP contribution is 2.23. The number of nitrogens with zero attached hydrogens (tertiary/aromatic N) is 1. The van der Waals surface area contributed by atoms with Crippen molar-refractivity contribution in [2.75, 3.05) is 0 Å². The molecule has 0 radical (unpaired) electrons. The number of aryl methyl sites for hydroxylation is 2. The van der Waals surface area contributed by atoms with Gasteiger partial charge in [-0.1, -0.05) is 29.8 Å². The first-order valence-corrected chi connectivity index (χ1v) is 6.42. The summed E-state index contributed by atoms with van der Waals surface area (Å²) in [6.45, 7) is 2.08. The number of hydrogen-bond donors (Lipinski definition) is 1. The summed E-state index contributed by atoms with van der Waals surface area (Å²) in [5.41, 5.74) is 3.50. The summed E-state index contributed by atoms with van der Waals surface area (Å²) < 4.78 is 5.75. The van der Waals surface area contributed by atoms with Gasteiger partial charge in [0.15, 0.2) is 5.89 Å². The molecule has 0 fully saturated rings. The van der Waals surface area contributed by atoms with Gasteiger partial charge in [0.05, 0.1) is 11.8 Å². The van der Waals surface area contributed by atoms with Gasteiger partial charge in [0.1, 0.15) is 5.76 Å². The van der Waals surface area contributed by atoms with Gasteiger partial charge in [-0.3, -0.25) is 0 Å². The molecular formula is C15H17NO2. The molecule has 2 aromatic rings. The molecule has 1 aliphatic carbocycles. The van der Waals surface area contributed by atoms with Crippen LogP contribution in [0.4, 0.5) is 0 Å². The quantitative estimate of drug-likeness (QED) is 0.881. The molecule has 0 saturated carbocycles. The second kappa shape index (κ2) is 4.58. The van der Waals surface area contributed by atoms with Crippen molar-refractivity contribution in [3.8, 4) is 0 Å². The molecular weight excluding hydrogens is 226 g/mol. The smallest absolute Gasteiger partial charge is 0.199 e. The van der Waals surface area contributed by atoms with Crippen LogP contribution in [0, 0.1) is 6.92 Å². The van der Waals surface area contributed by atoms with Crippen LogP contribution in [-0.2, 0) is 19.3 Å². The largest absolute Gasteiger partial charge is 0.445 e. The lowest BCUT2D eigenvalue weighted by molar-refractivity contribution is 0.149. The lowest BCUT2D eigenvalue weighted by Crippen LogP contribution is -2.17. The molecule has 1 aromatic carbocycles. The zero-order chi connectivity index (χ0) is 12.5. The normalized spacial score (nSPS) is 18.7. The molecule has 1 aromatic heterocycles. The summed E-state index contributed by atoms with van der Waals surface area (Å²) in [6.07, 6.45) is 2.69. The fourth-order valence-corrected chi connectivity index (χ4v) is 2.48. The average molecular weight is 243 g/mol. The van der Waals surface area contributed by atoms with Gasteiger partial charge in [0.2, 0.25) is 0 Å². The Kier molecular flexibility index (Phi) is 2.92. The highest BCUT2D eigenvalue weighted by atomic mass is 16.4. The fourth-order valence-electron chi connectivity index (χ4n) is 2.48. The van der Waals surface area contributed by atoms with Gasteiger partial charge in [-0.25, -0.2) is 4.98 Å². The monoisotopic (exact) mass is 243 g/mol. The maximum absolute atomic E-state index is 9.60.